The van der Waals surface area contributed by atoms with Gasteiger partial charge in [0, 0.05) is 13.5 Å². The summed E-state index contributed by atoms with van der Waals surface area (Å²) in [6, 6.07) is 10.6. The summed E-state index contributed by atoms with van der Waals surface area (Å²) < 4.78 is 10.4. The third-order valence-corrected chi connectivity index (χ3v) is 3.66. The lowest BCUT2D eigenvalue weighted by molar-refractivity contribution is 0.0824. The fourth-order valence-corrected chi connectivity index (χ4v) is 2.68. The van der Waals surface area contributed by atoms with E-state index in [0.29, 0.717) is 18.8 Å². The van der Waals surface area contributed by atoms with Crippen molar-refractivity contribution >= 4 is 5.91 Å². The highest BCUT2D eigenvalue weighted by Gasteiger charge is 2.32. The van der Waals surface area contributed by atoms with E-state index in [4.69, 9.17) is 9.15 Å². The number of fused-ring (bicyclic) bond motifs is 1. The summed E-state index contributed by atoms with van der Waals surface area (Å²) in [5.41, 5.74) is 2.02. The number of carbonyl (C=O) groups is 1. The van der Waals surface area contributed by atoms with Gasteiger partial charge in [0.15, 0.2) is 5.76 Å². The predicted molar refractivity (Wildman–Crippen MR) is 75.8 cm³/mol. The van der Waals surface area contributed by atoms with Gasteiger partial charge >= 0.3 is 0 Å². The monoisotopic (exact) mass is 287 g/mol. The number of hydrogen-bond donors (Lipinski definition) is 2. The Kier molecular flexibility index (Phi) is 3.77. The van der Waals surface area contributed by atoms with E-state index in [1.165, 1.54) is 0 Å². The topological polar surface area (TPSA) is 71.7 Å². The van der Waals surface area contributed by atoms with E-state index in [1.54, 1.807) is 19.2 Å². The number of rotatable bonds is 4. The van der Waals surface area contributed by atoms with E-state index in [0.717, 1.165) is 11.1 Å². The average Bonchev–Trinajstić information content (AvgIpc) is 3.05. The van der Waals surface area contributed by atoms with Crippen molar-refractivity contribution in [3.05, 3.63) is 59.0 Å². The fraction of sp³-hybridized carbons (Fsp3) is 0.312. The van der Waals surface area contributed by atoms with Crippen molar-refractivity contribution in [2.75, 3.05) is 7.11 Å². The molecular weight excluding hydrogens is 270 g/mol. The maximum atomic E-state index is 12.2. The second-order valence-electron chi connectivity index (χ2n) is 5.12. The molecule has 1 aromatic heterocycles. The van der Waals surface area contributed by atoms with Crippen LogP contribution in [0.25, 0.3) is 0 Å². The van der Waals surface area contributed by atoms with E-state index in [2.05, 4.69) is 5.32 Å². The van der Waals surface area contributed by atoms with E-state index < -0.39 is 12.1 Å². The van der Waals surface area contributed by atoms with Gasteiger partial charge in [0.1, 0.15) is 12.4 Å². The van der Waals surface area contributed by atoms with Gasteiger partial charge in [0.25, 0.3) is 5.91 Å². The molecule has 1 amide bonds. The van der Waals surface area contributed by atoms with Gasteiger partial charge in [0.05, 0.1) is 12.1 Å². The third kappa shape index (κ3) is 2.70. The Bertz CT molecular complexity index is 649. The van der Waals surface area contributed by atoms with Crippen LogP contribution >= 0.6 is 0 Å². The zero-order valence-electron chi connectivity index (χ0n) is 11.7. The first-order valence-electron chi connectivity index (χ1n) is 6.83. The molecule has 2 N–H and O–H groups in total. The molecule has 3 rings (SSSR count). The molecule has 1 heterocycles. The summed E-state index contributed by atoms with van der Waals surface area (Å²) in [6.07, 6.45) is -0.0615. The van der Waals surface area contributed by atoms with Crippen LogP contribution in [0.15, 0.2) is 40.8 Å². The second kappa shape index (κ2) is 5.71. The van der Waals surface area contributed by atoms with E-state index >= 15 is 0 Å². The van der Waals surface area contributed by atoms with Gasteiger partial charge in [-0.1, -0.05) is 24.3 Å². The average molecular weight is 287 g/mol. The molecule has 0 radical (unpaired) electrons. The van der Waals surface area contributed by atoms with Crippen LogP contribution in [-0.2, 0) is 17.8 Å². The van der Waals surface area contributed by atoms with Crippen LogP contribution in [0.2, 0.25) is 0 Å². The number of nitrogens with one attached hydrogen (secondary N) is 1. The summed E-state index contributed by atoms with van der Waals surface area (Å²) in [4.78, 5) is 12.2. The molecule has 21 heavy (non-hydrogen) atoms. The van der Waals surface area contributed by atoms with Crippen molar-refractivity contribution in [2.45, 2.75) is 25.2 Å². The van der Waals surface area contributed by atoms with Gasteiger partial charge in [0.2, 0.25) is 0 Å². The molecule has 0 fully saturated rings. The van der Waals surface area contributed by atoms with E-state index in [-0.39, 0.29) is 11.7 Å². The molecular formula is C16H17NO4. The highest BCUT2D eigenvalue weighted by atomic mass is 16.5. The standard InChI is InChI=1S/C16H17NO4/c1-20-9-11-6-7-14(21-11)16(19)17-15-12-5-3-2-4-10(12)8-13(15)18/h2-7,13,15,18H,8-9H2,1H3,(H,17,19). The minimum Gasteiger partial charge on any atom is -0.453 e. The Morgan fingerprint density at radius 1 is 1.38 bits per heavy atom. The molecule has 5 heteroatoms. The number of amides is 1. The number of carbonyl (C=O) groups excluding carboxylic acids is 1. The first-order valence-corrected chi connectivity index (χ1v) is 6.83. The van der Waals surface area contributed by atoms with Crippen LogP contribution in [0.5, 0.6) is 0 Å². The Labute approximate surface area is 122 Å². The molecule has 0 saturated carbocycles. The molecule has 2 atom stereocenters. The summed E-state index contributed by atoms with van der Waals surface area (Å²) in [5.74, 6) is 0.478. The normalized spacial score (nSPS) is 20.3. The zero-order chi connectivity index (χ0) is 14.8. The van der Waals surface area contributed by atoms with Gasteiger partial charge in [-0.2, -0.15) is 0 Å². The molecule has 1 aliphatic carbocycles. The van der Waals surface area contributed by atoms with Gasteiger partial charge in [-0.15, -0.1) is 0 Å². The molecule has 5 nitrogen and oxygen atoms in total. The van der Waals surface area contributed by atoms with Crippen LogP contribution in [0.4, 0.5) is 0 Å². The number of ether oxygens (including phenoxy) is 1. The smallest absolute Gasteiger partial charge is 0.287 e. The maximum Gasteiger partial charge on any atom is 0.287 e. The zero-order valence-corrected chi connectivity index (χ0v) is 11.7. The number of hydrogen-bond acceptors (Lipinski definition) is 4. The SMILES string of the molecule is COCc1ccc(C(=O)NC2c3ccccc3CC2O)o1. The molecule has 2 unspecified atom stereocenters. The van der Waals surface area contributed by atoms with Crippen LogP contribution in [0.3, 0.4) is 0 Å². The van der Waals surface area contributed by atoms with Crippen LogP contribution in [0.1, 0.15) is 33.5 Å². The number of aliphatic hydroxyl groups is 1. The molecule has 110 valence electrons. The van der Waals surface area contributed by atoms with Crippen molar-refractivity contribution in [2.24, 2.45) is 0 Å². The molecule has 0 aliphatic heterocycles. The first-order chi connectivity index (χ1) is 10.2. The molecule has 1 aliphatic rings. The molecule has 1 aromatic carbocycles. The first kappa shape index (κ1) is 13.9. The van der Waals surface area contributed by atoms with Crippen LogP contribution in [0, 0.1) is 0 Å². The van der Waals surface area contributed by atoms with Gasteiger partial charge in [-0.05, 0) is 23.3 Å². The minimum atomic E-state index is -0.611. The largest absolute Gasteiger partial charge is 0.453 e. The highest BCUT2D eigenvalue weighted by molar-refractivity contribution is 5.91. The fourth-order valence-electron chi connectivity index (χ4n) is 2.68. The molecule has 0 bridgehead atoms. The van der Waals surface area contributed by atoms with E-state index in [9.17, 15) is 9.90 Å². The molecule has 2 aromatic rings. The highest BCUT2D eigenvalue weighted by Crippen LogP contribution is 2.31. The number of aliphatic hydroxyl groups excluding tert-OH is 1. The van der Waals surface area contributed by atoms with Crippen molar-refractivity contribution < 1.29 is 19.1 Å². The maximum absolute atomic E-state index is 12.2. The summed E-state index contributed by atoms with van der Waals surface area (Å²) in [5, 5.41) is 13.0. The van der Waals surface area contributed by atoms with Crippen molar-refractivity contribution in [1.82, 2.24) is 5.32 Å². The lowest BCUT2D eigenvalue weighted by atomic mass is 10.1. The lowest BCUT2D eigenvalue weighted by Crippen LogP contribution is -2.33. The Morgan fingerprint density at radius 3 is 3.00 bits per heavy atom. The number of methoxy groups -OCH3 is 1. The van der Waals surface area contributed by atoms with Crippen LogP contribution in [-0.4, -0.2) is 24.2 Å². The summed E-state index contributed by atoms with van der Waals surface area (Å²) >= 11 is 0. The molecule has 0 saturated heterocycles. The van der Waals surface area contributed by atoms with Crippen molar-refractivity contribution in [3.63, 3.8) is 0 Å². The Hall–Kier alpha value is -2.11. The Morgan fingerprint density at radius 2 is 2.19 bits per heavy atom. The van der Waals surface area contributed by atoms with Crippen LogP contribution < -0.4 is 5.32 Å². The third-order valence-electron chi connectivity index (χ3n) is 3.66. The lowest BCUT2D eigenvalue weighted by Gasteiger charge is -2.17. The quantitative estimate of drug-likeness (QED) is 0.899. The van der Waals surface area contributed by atoms with Gasteiger partial charge < -0.3 is 19.6 Å². The number of furan rings is 1. The van der Waals surface area contributed by atoms with Crippen molar-refractivity contribution in [3.8, 4) is 0 Å². The summed E-state index contributed by atoms with van der Waals surface area (Å²) in [6.45, 7) is 0.322. The van der Waals surface area contributed by atoms with Crippen molar-refractivity contribution in [1.29, 1.82) is 0 Å². The van der Waals surface area contributed by atoms with Gasteiger partial charge in [-0.3, -0.25) is 4.79 Å². The summed E-state index contributed by atoms with van der Waals surface area (Å²) in [7, 11) is 1.56. The van der Waals surface area contributed by atoms with Gasteiger partial charge in [-0.25, -0.2) is 0 Å². The Balaban J connectivity index is 1.75. The molecule has 0 spiro atoms. The number of benzene rings is 1. The second-order valence-corrected chi connectivity index (χ2v) is 5.12. The minimum absolute atomic E-state index is 0.221. The van der Waals surface area contributed by atoms with E-state index in [1.807, 2.05) is 24.3 Å². The predicted octanol–water partition coefficient (Wildman–Crippen LogP) is 1.81.